The molecular weight excluding hydrogens is 448 g/mol. The summed E-state index contributed by atoms with van der Waals surface area (Å²) in [6.45, 7) is 18.9. The lowest BCUT2D eigenvalue weighted by atomic mass is 9.61. The average molecular weight is 485 g/mol. The number of rotatable bonds is 6. The van der Waals surface area contributed by atoms with E-state index in [-0.39, 0.29) is 5.41 Å². The quantitative estimate of drug-likeness (QED) is 0.361. The van der Waals surface area contributed by atoms with Crippen molar-refractivity contribution in [3.63, 3.8) is 0 Å². The highest BCUT2D eigenvalue weighted by Crippen LogP contribution is 2.50. The Morgan fingerprint density at radius 1 is 0.865 bits per heavy atom. The SMILES string of the molecule is C=Cc1ccc(C2=CCC3(C)CN(C(=C)c4cccc(C(=C)c5ccccc5)c4)CC=C3C2(C)N)cc1. The molecule has 2 nitrogen and oxygen atoms in total. The van der Waals surface area contributed by atoms with Gasteiger partial charge in [-0.3, -0.25) is 0 Å². The molecule has 0 radical (unpaired) electrons. The van der Waals surface area contributed by atoms with Crippen LogP contribution < -0.4 is 5.73 Å². The molecule has 0 saturated heterocycles. The fourth-order valence-corrected chi connectivity index (χ4v) is 6.01. The zero-order chi connectivity index (χ0) is 26.2. The van der Waals surface area contributed by atoms with E-state index in [4.69, 9.17) is 5.73 Å². The molecule has 0 fully saturated rings. The summed E-state index contributed by atoms with van der Waals surface area (Å²) in [4.78, 5) is 2.39. The lowest BCUT2D eigenvalue weighted by Crippen LogP contribution is -2.53. The van der Waals surface area contributed by atoms with Crippen molar-refractivity contribution in [1.82, 2.24) is 4.90 Å². The van der Waals surface area contributed by atoms with Crippen LogP contribution in [0.2, 0.25) is 0 Å². The van der Waals surface area contributed by atoms with E-state index in [0.29, 0.717) is 0 Å². The van der Waals surface area contributed by atoms with Crippen LogP contribution in [0.1, 0.15) is 48.1 Å². The molecule has 1 aliphatic heterocycles. The Kier molecular flexibility index (Phi) is 6.39. The summed E-state index contributed by atoms with van der Waals surface area (Å²) in [5.41, 5.74) is 16.8. The predicted octanol–water partition coefficient (Wildman–Crippen LogP) is 7.81. The summed E-state index contributed by atoms with van der Waals surface area (Å²) >= 11 is 0. The van der Waals surface area contributed by atoms with Gasteiger partial charge in [0.2, 0.25) is 0 Å². The van der Waals surface area contributed by atoms with Crippen molar-refractivity contribution in [3.8, 4) is 0 Å². The van der Waals surface area contributed by atoms with Crippen molar-refractivity contribution in [2.24, 2.45) is 11.1 Å². The van der Waals surface area contributed by atoms with E-state index in [2.05, 4.69) is 111 Å². The van der Waals surface area contributed by atoms with Crippen LogP contribution in [0, 0.1) is 5.41 Å². The van der Waals surface area contributed by atoms with Crippen LogP contribution in [0.5, 0.6) is 0 Å². The molecule has 0 bridgehead atoms. The van der Waals surface area contributed by atoms with Gasteiger partial charge in [-0.05, 0) is 63.9 Å². The molecule has 1 heterocycles. The van der Waals surface area contributed by atoms with Gasteiger partial charge in [0.05, 0.1) is 5.54 Å². The molecule has 2 heteroatoms. The van der Waals surface area contributed by atoms with Gasteiger partial charge < -0.3 is 10.6 Å². The number of allylic oxidation sites excluding steroid dienone is 1. The number of hydrogen-bond donors (Lipinski definition) is 1. The maximum Gasteiger partial charge on any atom is 0.0605 e. The second-order valence-corrected chi connectivity index (χ2v) is 10.8. The van der Waals surface area contributed by atoms with Gasteiger partial charge in [-0.25, -0.2) is 0 Å². The molecule has 37 heavy (non-hydrogen) atoms. The van der Waals surface area contributed by atoms with E-state index in [9.17, 15) is 0 Å². The van der Waals surface area contributed by atoms with Crippen LogP contribution >= 0.6 is 0 Å². The first-order chi connectivity index (χ1) is 17.7. The molecule has 2 atom stereocenters. The van der Waals surface area contributed by atoms with Crippen molar-refractivity contribution in [2.45, 2.75) is 25.8 Å². The van der Waals surface area contributed by atoms with E-state index < -0.39 is 5.54 Å². The third-order valence-corrected chi connectivity index (χ3v) is 8.09. The van der Waals surface area contributed by atoms with E-state index in [1.54, 1.807) is 0 Å². The molecule has 186 valence electrons. The van der Waals surface area contributed by atoms with Crippen LogP contribution in [-0.4, -0.2) is 23.5 Å². The molecular formula is C35H36N2. The van der Waals surface area contributed by atoms with Crippen molar-refractivity contribution in [1.29, 1.82) is 0 Å². The highest BCUT2D eigenvalue weighted by Gasteiger charge is 2.46. The Morgan fingerprint density at radius 2 is 1.54 bits per heavy atom. The molecule has 0 saturated carbocycles. The van der Waals surface area contributed by atoms with Gasteiger partial charge in [-0.15, -0.1) is 0 Å². The van der Waals surface area contributed by atoms with E-state index in [1.807, 2.05) is 24.3 Å². The summed E-state index contributed by atoms with van der Waals surface area (Å²) in [7, 11) is 0. The normalized spacial score (nSPS) is 22.9. The first-order valence-electron chi connectivity index (χ1n) is 13.0. The van der Waals surface area contributed by atoms with Crippen LogP contribution in [-0.2, 0) is 0 Å². The number of nitrogens with zero attached hydrogens (tertiary/aromatic N) is 1. The lowest BCUT2D eigenvalue weighted by molar-refractivity contribution is 0.232. The van der Waals surface area contributed by atoms with Gasteiger partial charge in [0.25, 0.3) is 0 Å². The van der Waals surface area contributed by atoms with Crippen molar-refractivity contribution in [2.75, 3.05) is 13.1 Å². The first kappa shape index (κ1) is 24.8. The highest BCUT2D eigenvalue weighted by molar-refractivity contribution is 5.81. The van der Waals surface area contributed by atoms with Crippen molar-refractivity contribution >= 4 is 22.9 Å². The molecule has 2 aliphatic rings. The van der Waals surface area contributed by atoms with Gasteiger partial charge >= 0.3 is 0 Å². The number of fused-ring (bicyclic) bond motifs is 1. The van der Waals surface area contributed by atoms with Gasteiger partial charge in [-0.2, -0.15) is 0 Å². The third kappa shape index (κ3) is 4.54. The van der Waals surface area contributed by atoms with Crippen molar-refractivity contribution < 1.29 is 0 Å². The first-order valence-corrected chi connectivity index (χ1v) is 13.0. The molecule has 2 unspecified atom stereocenters. The standard InChI is InChI=1S/C35H36N2/c1-6-27-15-17-29(18-16-27)32-19-21-34(4)24-37(22-20-33(34)35(32,5)36)26(3)31-14-10-13-30(23-31)25(2)28-11-8-7-9-12-28/h6-20,23H,1-3,21-22,24,36H2,4-5H3. The predicted molar refractivity (Wildman–Crippen MR) is 160 cm³/mol. The highest BCUT2D eigenvalue weighted by atomic mass is 15.1. The molecule has 3 aromatic rings. The molecule has 1 aliphatic carbocycles. The van der Waals surface area contributed by atoms with Gasteiger partial charge in [0, 0.05) is 24.2 Å². The topological polar surface area (TPSA) is 29.3 Å². The van der Waals surface area contributed by atoms with E-state index in [0.717, 1.165) is 53.0 Å². The zero-order valence-electron chi connectivity index (χ0n) is 22.0. The summed E-state index contributed by atoms with van der Waals surface area (Å²) in [6.07, 6.45) is 7.50. The average Bonchev–Trinajstić information content (AvgIpc) is 2.92. The minimum Gasteiger partial charge on any atom is -0.367 e. The molecule has 0 spiro atoms. The molecule has 0 amide bonds. The maximum absolute atomic E-state index is 7.10. The summed E-state index contributed by atoms with van der Waals surface area (Å²) in [6, 6.07) is 27.4. The van der Waals surface area contributed by atoms with Crippen LogP contribution in [0.25, 0.3) is 22.9 Å². The van der Waals surface area contributed by atoms with Gasteiger partial charge in [0.15, 0.2) is 0 Å². The second kappa shape index (κ2) is 9.53. The minimum absolute atomic E-state index is 0.0551. The molecule has 5 rings (SSSR count). The van der Waals surface area contributed by atoms with Crippen LogP contribution in [0.15, 0.2) is 116 Å². The Morgan fingerprint density at radius 3 is 2.24 bits per heavy atom. The third-order valence-electron chi connectivity index (χ3n) is 8.09. The second-order valence-electron chi connectivity index (χ2n) is 10.8. The van der Waals surface area contributed by atoms with Gasteiger partial charge in [0.1, 0.15) is 0 Å². The number of benzene rings is 3. The van der Waals surface area contributed by atoms with E-state index in [1.165, 1.54) is 16.7 Å². The Bertz CT molecular complexity index is 1420. The Hall–Kier alpha value is -3.88. The zero-order valence-corrected chi connectivity index (χ0v) is 22.0. The summed E-state index contributed by atoms with van der Waals surface area (Å²) < 4.78 is 0. The molecule has 3 aromatic carbocycles. The van der Waals surface area contributed by atoms with Crippen molar-refractivity contribution in [3.05, 3.63) is 144 Å². The molecule has 0 aromatic heterocycles. The smallest absolute Gasteiger partial charge is 0.0605 e. The summed E-state index contributed by atoms with van der Waals surface area (Å²) in [5, 5.41) is 0. The monoisotopic (exact) mass is 484 g/mol. The largest absolute Gasteiger partial charge is 0.367 e. The number of nitrogens with two attached hydrogens (primary N) is 1. The minimum atomic E-state index is -0.524. The molecule has 2 N–H and O–H groups in total. The summed E-state index contributed by atoms with van der Waals surface area (Å²) in [5.74, 6) is 0. The van der Waals surface area contributed by atoms with Crippen LogP contribution in [0.4, 0.5) is 0 Å². The lowest BCUT2D eigenvalue weighted by Gasteiger charge is -2.51. The number of hydrogen-bond acceptors (Lipinski definition) is 2. The fourth-order valence-electron chi connectivity index (χ4n) is 6.01. The van der Waals surface area contributed by atoms with Crippen LogP contribution in [0.3, 0.4) is 0 Å². The fraction of sp³-hybridized carbons (Fsp3) is 0.200. The van der Waals surface area contributed by atoms with Gasteiger partial charge in [-0.1, -0.05) is 118 Å². The Labute approximate surface area is 221 Å². The van der Waals surface area contributed by atoms with E-state index >= 15 is 0 Å². The maximum atomic E-state index is 7.10. The Balaban J connectivity index is 1.39.